The molecule has 1 aromatic carbocycles. The zero-order valence-electron chi connectivity index (χ0n) is 15.3. The fourth-order valence-electron chi connectivity index (χ4n) is 4.22. The summed E-state index contributed by atoms with van der Waals surface area (Å²) in [6.07, 6.45) is 8.05. The van der Waals surface area contributed by atoms with Crippen LogP contribution in [0, 0.1) is 0 Å². The van der Waals surface area contributed by atoms with Gasteiger partial charge in [-0.3, -0.25) is 0 Å². The predicted octanol–water partition coefficient (Wildman–Crippen LogP) is 4.75. The molecule has 136 valence electrons. The van der Waals surface area contributed by atoms with Gasteiger partial charge in [-0.15, -0.1) is 0 Å². The zero-order chi connectivity index (χ0) is 17.1. The molecule has 0 spiro atoms. The predicted molar refractivity (Wildman–Crippen MR) is 104 cm³/mol. The molecule has 0 radical (unpaired) electrons. The number of para-hydroxylation sites is 2. The highest BCUT2D eigenvalue weighted by Crippen LogP contribution is 2.65. The highest BCUT2D eigenvalue weighted by Gasteiger charge is 2.46. The van der Waals surface area contributed by atoms with Crippen molar-refractivity contribution in [2.24, 2.45) is 0 Å². The van der Waals surface area contributed by atoms with E-state index in [1.165, 1.54) is 64.7 Å². The molecule has 0 amide bonds. The van der Waals surface area contributed by atoms with E-state index in [0.29, 0.717) is 6.61 Å². The summed E-state index contributed by atoms with van der Waals surface area (Å²) in [5.41, 5.74) is 0. The molecule has 1 aromatic rings. The zero-order valence-corrected chi connectivity index (χ0v) is 16.2. The van der Waals surface area contributed by atoms with Gasteiger partial charge in [0.2, 0.25) is 0 Å². The number of nitrogens with zero attached hydrogens (tertiary/aromatic N) is 2. The first-order valence-corrected chi connectivity index (χ1v) is 12.0. The van der Waals surface area contributed by atoms with E-state index in [1.54, 1.807) is 0 Å². The average Bonchev–Trinajstić information content (AvgIpc) is 2.69. The molecule has 2 fully saturated rings. The summed E-state index contributed by atoms with van der Waals surface area (Å²) >= 11 is 0. The maximum absolute atomic E-state index is 6.22. The lowest BCUT2D eigenvalue weighted by Crippen LogP contribution is -2.40. The van der Waals surface area contributed by atoms with Crippen LogP contribution in [0.3, 0.4) is 0 Å². The van der Waals surface area contributed by atoms with E-state index in [4.69, 9.17) is 9.47 Å². The normalized spacial score (nSPS) is 24.4. The van der Waals surface area contributed by atoms with Gasteiger partial charge in [0.15, 0.2) is 24.8 Å². The van der Waals surface area contributed by atoms with Crippen LogP contribution in [-0.4, -0.2) is 48.8 Å². The average molecular weight is 361 g/mol. The van der Waals surface area contributed by atoms with Gasteiger partial charge in [0.05, 0.1) is 6.66 Å². The molecule has 0 bridgehead atoms. The minimum absolute atomic E-state index is 0.550. The van der Waals surface area contributed by atoms with Crippen molar-refractivity contribution in [3.05, 3.63) is 35.8 Å². The maximum atomic E-state index is 6.22. The Kier molecular flexibility index (Phi) is 5.30. The first-order valence-electron chi connectivity index (χ1n) is 9.74. The van der Waals surface area contributed by atoms with Crippen molar-refractivity contribution in [3.8, 4) is 11.5 Å². The van der Waals surface area contributed by atoms with Gasteiger partial charge in [-0.25, -0.2) is 0 Å². The molecule has 4 rings (SSSR count). The molecule has 0 saturated carbocycles. The van der Waals surface area contributed by atoms with Crippen LogP contribution in [0.2, 0.25) is 0 Å². The van der Waals surface area contributed by atoms with Crippen LogP contribution in [0.1, 0.15) is 38.5 Å². The van der Waals surface area contributed by atoms with Crippen LogP contribution in [0.4, 0.5) is 0 Å². The highest BCUT2D eigenvalue weighted by atomic mass is 31.2. The summed E-state index contributed by atoms with van der Waals surface area (Å²) in [5, 5.41) is 0. The lowest BCUT2D eigenvalue weighted by atomic mass is 10.2. The lowest BCUT2D eigenvalue weighted by molar-refractivity contribution is 0.232. The molecule has 25 heavy (non-hydrogen) atoms. The largest absolute Gasteiger partial charge is 0.482 e. The van der Waals surface area contributed by atoms with Gasteiger partial charge in [-0.05, 0) is 37.8 Å². The summed E-state index contributed by atoms with van der Waals surface area (Å²) in [6.45, 7) is 7.93. The minimum atomic E-state index is -1.50. The Hall–Kier alpha value is -1.09. The van der Waals surface area contributed by atoms with Crippen molar-refractivity contribution in [1.29, 1.82) is 0 Å². The van der Waals surface area contributed by atoms with E-state index in [2.05, 4.69) is 21.8 Å². The molecule has 2 saturated heterocycles. The highest BCUT2D eigenvalue weighted by molar-refractivity contribution is 7.73. The third-order valence-electron chi connectivity index (χ3n) is 5.66. The molecule has 0 aromatic heterocycles. The SMILES string of the molecule is C[P+](C=C1COc2ccccc2O1)(N1CCCCC1)N1CCCCC1. The van der Waals surface area contributed by atoms with Crippen molar-refractivity contribution in [2.75, 3.05) is 39.5 Å². The summed E-state index contributed by atoms with van der Waals surface area (Å²) < 4.78 is 17.7. The first kappa shape index (κ1) is 17.3. The molecule has 0 unspecified atom stereocenters. The number of hydrogen-bond donors (Lipinski definition) is 0. The third kappa shape index (κ3) is 3.72. The van der Waals surface area contributed by atoms with E-state index in [-0.39, 0.29) is 0 Å². The Labute approximate surface area is 152 Å². The number of rotatable bonds is 3. The topological polar surface area (TPSA) is 24.9 Å². The van der Waals surface area contributed by atoms with Gasteiger partial charge < -0.3 is 9.47 Å². The molecule has 3 heterocycles. The maximum Gasteiger partial charge on any atom is 0.180 e. The standard InChI is InChI=1S/C20H30N2O2P/c1-25(21-12-6-2-7-13-21,22-14-8-3-9-15-22)17-18-16-23-19-10-4-5-11-20(19)24-18/h4-5,10-11,17H,2-3,6-9,12-16H2,1H3/q+1. The van der Waals surface area contributed by atoms with Crippen LogP contribution in [0.25, 0.3) is 0 Å². The quantitative estimate of drug-likeness (QED) is 0.726. The Morgan fingerprint density at radius 2 is 1.40 bits per heavy atom. The smallest absolute Gasteiger partial charge is 0.180 e. The van der Waals surface area contributed by atoms with E-state index >= 15 is 0 Å². The molecule has 0 atom stereocenters. The number of fused-ring (bicyclic) bond motifs is 1. The Balaban J connectivity index is 1.61. The minimum Gasteiger partial charge on any atom is -0.482 e. The summed E-state index contributed by atoms with van der Waals surface area (Å²) in [5.74, 6) is 5.14. The fourth-order valence-corrected chi connectivity index (χ4v) is 7.76. The van der Waals surface area contributed by atoms with Gasteiger partial charge >= 0.3 is 0 Å². The molecule has 4 nitrogen and oxygen atoms in total. The third-order valence-corrected chi connectivity index (χ3v) is 9.53. The Morgan fingerprint density at radius 1 is 0.840 bits per heavy atom. The van der Waals surface area contributed by atoms with Gasteiger partial charge in [-0.2, -0.15) is 9.34 Å². The molecule has 5 heteroatoms. The van der Waals surface area contributed by atoms with Crippen LogP contribution in [-0.2, 0) is 0 Å². The van der Waals surface area contributed by atoms with E-state index in [1.807, 2.05) is 24.3 Å². The molecule has 3 aliphatic heterocycles. The van der Waals surface area contributed by atoms with Gasteiger partial charge in [0.1, 0.15) is 12.4 Å². The van der Waals surface area contributed by atoms with Crippen molar-refractivity contribution < 1.29 is 9.47 Å². The molecule has 3 aliphatic rings. The summed E-state index contributed by atoms with van der Waals surface area (Å²) in [4.78, 5) is 0. The second-order valence-electron chi connectivity index (χ2n) is 7.44. The summed E-state index contributed by atoms with van der Waals surface area (Å²) in [7, 11) is -1.50. The van der Waals surface area contributed by atoms with E-state index in [0.717, 1.165) is 17.3 Å². The molecular weight excluding hydrogens is 331 g/mol. The number of piperidine rings is 2. The fraction of sp³-hybridized carbons (Fsp3) is 0.600. The second kappa shape index (κ2) is 7.65. The molecule has 0 aliphatic carbocycles. The van der Waals surface area contributed by atoms with Crippen molar-refractivity contribution >= 4 is 7.56 Å². The van der Waals surface area contributed by atoms with Crippen molar-refractivity contribution in [2.45, 2.75) is 38.5 Å². The molecule has 0 N–H and O–H groups in total. The van der Waals surface area contributed by atoms with Crippen molar-refractivity contribution in [3.63, 3.8) is 0 Å². The number of hydrogen-bond acceptors (Lipinski definition) is 4. The van der Waals surface area contributed by atoms with Crippen LogP contribution >= 0.6 is 7.56 Å². The second-order valence-corrected chi connectivity index (χ2v) is 10.8. The summed E-state index contributed by atoms with van der Waals surface area (Å²) in [6, 6.07) is 7.99. The monoisotopic (exact) mass is 361 g/mol. The number of ether oxygens (including phenoxy) is 2. The Morgan fingerprint density at radius 3 is 2.00 bits per heavy atom. The van der Waals surface area contributed by atoms with Crippen molar-refractivity contribution in [1.82, 2.24) is 9.34 Å². The molecular formula is C20H30N2O2P+. The number of benzene rings is 1. The van der Waals surface area contributed by atoms with Crippen LogP contribution in [0.5, 0.6) is 11.5 Å². The lowest BCUT2D eigenvalue weighted by Gasteiger charge is -2.42. The van der Waals surface area contributed by atoms with Crippen LogP contribution in [0.15, 0.2) is 35.8 Å². The Bertz CT molecular complexity index is 604. The van der Waals surface area contributed by atoms with Gasteiger partial charge in [-0.1, -0.05) is 25.0 Å². The van der Waals surface area contributed by atoms with Gasteiger partial charge in [0, 0.05) is 26.2 Å². The first-order chi connectivity index (χ1) is 12.3. The van der Waals surface area contributed by atoms with Gasteiger partial charge in [0.25, 0.3) is 0 Å². The van der Waals surface area contributed by atoms with Crippen LogP contribution < -0.4 is 9.47 Å². The van der Waals surface area contributed by atoms with E-state index < -0.39 is 7.56 Å². The van der Waals surface area contributed by atoms with E-state index in [9.17, 15) is 0 Å².